The first-order valence-electron chi connectivity index (χ1n) is 10.7. The SMILES string of the molecule is C/C=C/COc1cc(C)c(OCCOCc2ccc(CCC(C)=NOC)cc2)c(C)c1. The normalized spacial score (nSPS) is 11.7. The first-order valence-corrected chi connectivity index (χ1v) is 10.7. The molecule has 0 saturated carbocycles. The van der Waals surface area contributed by atoms with Gasteiger partial charge in [0.1, 0.15) is 31.8 Å². The summed E-state index contributed by atoms with van der Waals surface area (Å²) in [5.41, 5.74) is 5.56. The standard InChI is InChI=1S/C26H35NO4/c1-6-7-14-30-25-17-20(2)26(21(3)18-25)31-16-15-29-19-24-12-10-23(11-13-24)9-8-22(4)27-28-5/h6-7,10-13,17-18H,8-9,14-16,19H2,1-5H3/b7-6+,27-22?. The van der Waals surface area contributed by atoms with Gasteiger partial charge in [-0.05, 0) is 74.9 Å². The summed E-state index contributed by atoms with van der Waals surface area (Å²) < 4.78 is 17.5. The molecule has 2 aromatic rings. The maximum absolute atomic E-state index is 5.96. The second kappa shape index (κ2) is 13.5. The van der Waals surface area contributed by atoms with E-state index in [-0.39, 0.29) is 0 Å². The molecule has 0 aromatic heterocycles. The summed E-state index contributed by atoms with van der Waals surface area (Å²) in [7, 11) is 1.57. The maximum Gasteiger partial charge on any atom is 0.125 e. The predicted octanol–water partition coefficient (Wildman–Crippen LogP) is 5.81. The first-order chi connectivity index (χ1) is 15.0. The van der Waals surface area contributed by atoms with E-state index in [1.807, 2.05) is 52.0 Å². The van der Waals surface area contributed by atoms with Crippen LogP contribution in [0, 0.1) is 13.8 Å². The van der Waals surface area contributed by atoms with Crippen molar-refractivity contribution in [3.05, 3.63) is 70.8 Å². The van der Waals surface area contributed by atoms with E-state index in [1.54, 1.807) is 7.11 Å². The monoisotopic (exact) mass is 425 g/mol. The maximum atomic E-state index is 5.96. The Bertz CT molecular complexity index is 833. The van der Waals surface area contributed by atoms with Gasteiger partial charge < -0.3 is 19.0 Å². The molecule has 0 heterocycles. The van der Waals surface area contributed by atoms with Crippen LogP contribution in [-0.2, 0) is 22.6 Å². The average Bonchev–Trinajstić information content (AvgIpc) is 2.75. The number of rotatable bonds is 13. The minimum absolute atomic E-state index is 0.511. The predicted molar refractivity (Wildman–Crippen MR) is 126 cm³/mol. The van der Waals surface area contributed by atoms with Crippen molar-refractivity contribution < 1.29 is 19.0 Å². The van der Waals surface area contributed by atoms with E-state index < -0.39 is 0 Å². The number of nitrogens with zero attached hydrogens (tertiary/aromatic N) is 1. The van der Waals surface area contributed by atoms with E-state index >= 15 is 0 Å². The number of hydrogen-bond donors (Lipinski definition) is 0. The second-order valence-corrected chi connectivity index (χ2v) is 7.49. The Balaban J connectivity index is 1.72. The fraction of sp³-hybridized carbons (Fsp3) is 0.423. The highest BCUT2D eigenvalue weighted by atomic mass is 16.6. The molecular formula is C26H35NO4. The first kappa shape index (κ1) is 24.5. The zero-order chi connectivity index (χ0) is 22.5. The topological polar surface area (TPSA) is 49.3 Å². The summed E-state index contributed by atoms with van der Waals surface area (Å²) in [5, 5.41) is 3.94. The van der Waals surface area contributed by atoms with Crippen molar-refractivity contribution in [2.24, 2.45) is 5.16 Å². The van der Waals surface area contributed by atoms with Crippen molar-refractivity contribution in [3.63, 3.8) is 0 Å². The summed E-state index contributed by atoms with van der Waals surface area (Å²) >= 11 is 0. The lowest BCUT2D eigenvalue weighted by Gasteiger charge is -2.14. The van der Waals surface area contributed by atoms with E-state index in [1.165, 1.54) is 5.56 Å². The van der Waals surface area contributed by atoms with Gasteiger partial charge in [0, 0.05) is 0 Å². The van der Waals surface area contributed by atoms with Crippen LogP contribution in [0.5, 0.6) is 11.5 Å². The van der Waals surface area contributed by atoms with Crippen LogP contribution in [0.25, 0.3) is 0 Å². The molecule has 0 unspecified atom stereocenters. The number of ether oxygens (including phenoxy) is 3. The van der Waals surface area contributed by atoms with E-state index in [0.717, 1.165) is 46.7 Å². The molecule has 5 nitrogen and oxygen atoms in total. The summed E-state index contributed by atoms with van der Waals surface area (Å²) in [6.45, 7) is 10.2. The molecule has 31 heavy (non-hydrogen) atoms. The summed E-state index contributed by atoms with van der Waals surface area (Å²) in [6.07, 6.45) is 5.80. The zero-order valence-corrected chi connectivity index (χ0v) is 19.4. The van der Waals surface area contributed by atoms with Crippen molar-refractivity contribution in [2.75, 3.05) is 26.9 Å². The molecule has 0 N–H and O–H groups in total. The third kappa shape index (κ3) is 8.85. The van der Waals surface area contributed by atoms with Crippen LogP contribution in [-0.4, -0.2) is 32.6 Å². The Kier molecular flexibility index (Phi) is 10.7. The van der Waals surface area contributed by atoms with Gasteiger partial charge in [-0.25, -0.2) is 0 Å². The minimum atomic E-state index is 0.511. The van der Waals surface area contributed by atoms with Gasteiger partial charge in [-0.15, -0.1) is 0 Å². The fourth-order valence-corrected chi connectivity index (χ4v) is 3.18. The smallest absolute Gasteiger partial charge is 0.125 e. The quantitative estimate of drug-likeness (QED) is 0.176. The summed E-state index contributed by atoms with van der Waals surface area (Å²) in [6, 6.07) is 12.5. The van der Waals surface area contributed by atoms with E-state index in [2.05, 4.69) is 29.4 Å². The highest BCUT2D eigenvalue weighted by Crippen LogP contribution is 2.28. The number of benzene rings is 2. The van der Waals surface area contributed by atoms with Crippen molar-refractivity contribution in [1.82, 2.24) is 0 Å². The lowest BCUT2D eigenvalue weighted by molar-refractivity contribution is 0.0884. The third-order valence-corrected chi connectivity index (χ3v) is 4.80. The van der Waals surface area contributed by atoms with Gasteiger partial charge >= 0.3 is 0 Å². The molecule has 0 spiro atoms. The van der Waals surface area contributed by atoms with Crippen LogP contribution < -0.4 is 9.47 Å². The highest BCUT2D eigenvalue weighted by Gasteiger charge is 2.07. The Labute approximate surface area is 186 Å². The van der Waals surface area contributed by atoms with Crippen molar-refractivity contribution in [3.8, 4) is 11.5 Å². The molecule has 0 radical (unpaired) electrons. The van der Waals surface area contributed by atoms with Crippen molar-refractivity contribution >= 4 is 5.71 Å². The molecule has 0 amide bonds. The van der Waals surface area contributed by atoms with Crippen molar-refractivity contribution in [1.29, 1.82) is 0 Å². The molecule has 0 aliphatic rings. The van der Waals surface area contributed by atoms with Crippen LogP contribution in [0.1, 0.15) is 42.5 Å². The molecule has 0 fully saturated rings. The molecule has 0 saturated heterocycles. The number of hydrogen-bond acceptors (Lipinski definition) is 5. The Morgan fingerprint density at radius 3 is 2.29 bits per heavy atom. The number of aryl methyl sites for hydroxylation is 3. The van der Waals surface area contributed by atoms with Crippen molar-refractivity contribution in [2.45, 2.75) is 47.1 Å². The molecule has 2 aromatic carbocycles. The molecule has 5 heteroatoms. The molecular weight excluding hydrogens is 390 g/mol. The van der Waals surface area contributed by atoms with Crippen LogP contribution in [0.4, 0.5) is 0 Å². The molecule has 0 aliphatic carbocycles. The Morgan fingerprint density at radius 2 is 1.65 bits per heavy atom. The van der Waals surface area contributed by atoms with E-state index in [9.17, 15) is 0 Å². The Hall–Kier alpha value is -2.79. The van der Waals surface area contributed by atoms with Gasteiger partial charge in [0.25, 0.3) is 0 Å². The van der Waals surface area contributed by atoms with Crippen LogP contribution in [0.2, 0.25) is 0 Å². The number of allylic oxidation sites excluding steroid dienone is 1. The second-order valence-electron chi connectivity index (χ2n) is 7.49. The van der Waals surface area contributed by atoms with Gasteiger partial charge in [-0.3, -0.25) is 0 Å². The van der Waals surface area contributed by atoms with Crippen LogP contribution in [0.15, 0.2) is 53.7 Å². The van der Waals surface area contributed by atoms with Gasteiger partial charge in [-0.1, -0.05) is 41.6 Å². The fourth-order valence-electron chi connectivity index (χ4n) is 3.18. The third-order valence-electron chi connectivity index (χ3n) is 4.80. The van der Waals surface area contributed by atoms with E-state index in [4.69, 9.17) is 19.0 Å². The minimum Gasteiger partial charge on any atom is -0.491 e. The summed E-state index contributed by atoms with van der Waals surface area (Å²) in [5.74, 6) is 1.76. The van der Waals surface area contributed by atoms with Gasteiger partial charge in [-0.2, -0.15) is 0 Å². The summed E-state index contributed by atoms with van der Waals surface area (Å²) in [4.78, 5) is 4.79. The van der Waals surface area contributed by atoms with Crippen LogP contribution in [0.3, 0.4) is 0 Å². The number of oxime groups is 1. The highest BCUT2D eigenvalue weighted by molar-refractivity contribution is 5.81. The van der Waals surface area contributed by atoms with Gasteiger partial charge in [0.2, 0.25) is 0 Å². The largest absolute Gasteiger partial charge is 0.491 e. The average molecular weight is 426 g/mol. The van der Waals surface area contributed by atoms with Crippen LogP contribution >= 0.6 is 0 Å². The molecule has 168 valence electrons. The van der Waals surface area contributed by atoms with Gasteiger partial charge in [0.15, 0.2) is 0 Å². The van der Waals surface area contributed by atoms with Gasteiger partial charge in [0.05, 0.1) is 18.9 Å². The van der Waals surface area contributed by atoms with E-state index in [0.29, 0.717) is 26.4 Å². The molecule has 0 aliphatic heterocycles. The lowest BCUT2D eigenvalue weighted by Crippen LogP contribution is -2.08. The molecule has 2 rings (SSSR count). The Morgan fingerprint density at radius 1 is 0.968 bits per heavy atom. The lowest BCUT2D eigenvalue weighted by atomic mass is 10.1. The zero-order valence-electron chi connectivity index (χ0n) is 19.4. The molecule has 0 atom stereocenters. The molecule has 0 bridgehead atoms.